The molecule has 0 bridgehead atoms. The van der Waals surface area contributed by atoms with Gasteiger partial charge < -0.3 is 5.32 Å². The van der Waals surface area contributed by atoms with Gasteiger partial charge in [-0.2, -0.15) is 0 Å². The molecule has 1 saturated carbocycles. The molecule has 1 N–H and O–H groups in total. The van der Waals surface area contributed by atoms with Crippen LogP contribution in [0.4, 0.5) is 0 Å². The Morgan fingerprint density at radius 3 is 2.89 bits per heavy atom. The third-order valence-electron chi connectivity index (χ3n) is 4.39. The number of nitrogens with one attached hydrogen (secondary N) is 1. The van der Waals surface area contributed by atoms with Crippen LogP contribution < -0.4 is 5.32 Å². The SMILES string of the molecule is CCC1CCCC(C(Cc2ccc(Br)s2)NC)C1. The molecule has 1 aliphatic carbocycles. The van der Waals surface area contributed by atoms with Gasteiger partial charge in [-0.05, 0) is 66.2 Å². The Bertz CT molecular complexity index is 363. The molecule has 2 rings (SSSR count). The fraction of sp³-hybridized carbons (Fsp3) is 0.733. The molecule has 3 atom stereocenters. The molecule has 1 nitrogen and oxygen atoms in total. The van der Waals surface area contributed by atoms with Crippen LogP contribution in [0.2, 0.25) is 0 Å². The maximum absolute atomic E-state index is 3.57. The predicted octanol–water partition coefficient (Wildman–Crippen LogP) is 4.86. The highest BCUT2D eigenvalue weighted by molar-refractivity contribution is 9.11. The Morgan fingerprint density at radius 2 is 2.28 bits per heavy atom. The van der Waals surface area contributed by atoms with Gasteiger partial charge in [0.25, 0.3) is 0 Å². The fourth-order valence-electron chi connectivity index (χ4n) is 3.25. The molecule has 1 aromatic rings. The van der Waals surface area contributed by atoms with Crippen LogP contribution in [0.1, 0.15) is 43.9 Å². The van der Waals surface area contributed by atoms with E-state index in [0.717, 1.165) is 11.8 Å². The second kappa shape index (κ2) is 7.06. The largest absolute Gasteiger partial charge is 0.316 e. The zero-order valence-corrected chi connectivity index (χ0v) is 13.8. The Morgan fingerprint density at radius 1 is 1.44 bits per heavy atom. The summed E-state index contributed by atoms with van der Waals surface area (Å²) < 4.78 is 1.25. The van der Waals surface area contributed by atoms with Crippen molar-refractivity contribution in [1.82, 2.24) is 5.32 Å². The van der Waals surface area contributed by atoms with Crippen molar-refractivity contribution in [2.45, 2.75) is 51.5 Å². The van der Waals surface area contributed by atoms with E-state index in [1.54, 1.807) is 0 Å². The molecule has 3 unspecified atom stereocenters. The summed E-state index contributed by atoms with van der Waals surface area (Å²) >= 11 is 5.44. The van der Waals surface area contributed by atoms with Crippen molar-refractivity contribution in [2.75, 3.05) is 7.05 Å². The highest BCUT2D eigenvalue weighted by Gasteiger charge is 2.27. The summed E-state index contributed by atoms with van der Waals surface area (Å²) in [4.78, 5) is 1.50. The Balaban J connectivity index is 1.95. The van der Waals surface area contributed by atoms with Gasteiger partial charge in [-0.15, -0.1) is 11.3 Å². The maximum atomic E-state index is 3.57. The molecule has 102 valence electrons. The molecule has 1 fully saturated rings. The smallest absolute Gasteiger partial charge is 0.0701 e. The van der Waals surface area contributed by atoms with Crippen molar-refractivity contribution < 1.29 is 0 Å². The van der Waals surface area contributed by atoms with E-state index in [1.807, 2.05) is 11.3 Å². The van der Waals surface area contributed by atoms with Gasteiger partial charge >= 0.3 is 0 Å². The lowest BCUT2D eigenvalue weighted by atomic mass is 9.76. The lowest BCUT2D eigenvalue weighted by Crippen LogP contribution is -2.38. The van der Waals surface area contributed by atoms with Crippen LogP contribution in [-0.4, -0.2) is 13.1 Å². The average Bonchev–Trinajstić information content (AvgIpc) is 2.81. The van der Waals surface area contributed by atoms with E-state index in [4.69, 9.17) is 0 Å². The number of halogens is 1. The van der Waals surface area contributed by atoms with E-state index in [2.05, 4.69) is 47.4 Å². The van der Waals surface area contributed by atoms with E-state index >= 15 is 0 Å². The highest BCUT2D eigenvalue weighted by atomic mass is 79.9. The third kappa shape index (κ3) is 3.82. The Kier molecular flexibility index (Phi) is 5.71. The van der Waals surface area contributed by atoms with Gasteiger partial charge in [-0.1, -0.05) is 26.2 Å². The summed E-state index contributed by atoms with van der Waals surface area (Å²) in [6, 6.07) is 5.09. The van der Waals surface area contributed by atoms with Gasteiger partial charge in [0.15, 0.2) is 0 Å². The summed E-state index contributed by atoms with van der Waals surface area (Å²) in [6.45, 7) is 2.35. The number of rotatable bonds is 5. The minimum Gasteiger partial charge on any atom is -0.316 e. The minimum atomic E-state index is 0.657. The number of hydrogen-bond donors (Lipinski definition) is 1. The first-order valence-electron chi connectivity index (χ1n) is 7.14. The van der Waals surface area contributed by atoms with Crippen molar-refractivity contribution in [2.24, 2.45) is 11.8 Å². The van der Waals surface area contributed by atoms with E-state index in [1.165, 1.54) is 47.2 Å². The van der Waals surface area contributed by atoms with Gasteiger partial charge in [-0.3, -0.25) is 0 Å². The zero-order chi connectivity index (χ0) is 13.0. The van der Waals surface area contributed by atoms with Crippen molar-refractivity contribution in [3.05, 3.63) is 20.8 Å². The van der Waals surface area contributed by atoms with Crippen molar-refractivity contribution in [3.8, 4) is 0 Å². The van der Waals surface area contributed by atoms with E-state index in [-0.39, 0.29) is 0 Å². The van der Waals surface area contributed by atoms with Crippen molar-refractivity contribution in [3.63, 3.8) is 0 Å². The predicted molar refractivity (Wildman–Crippen MR) is 84.3 cm³/mol. The van der Waals surface area contributed by atoms with Crippen LogP contribution in [-0.2, 0) is 6.42 Å². The topological polar surface area (TPSA) is 12.0 Å². The monoisotopic (exact) mass is 329 g/mol. The standard InChI is InChI=1S/C15H24BrNS/c1-3-11-5-4-6-12(9-11)14(17-2)10-13-7-8-15(16)18-13/h7-8,11-12,14,17H,3-6,9-10H2,1-2H3. The normalized spacial score (nSPS) is 26.2. The van der Waals surface area contributed by atoms with E-state index in [9.17, 15) is 0 Å². The average molecular weight is 330 g/mol. The van der Waals surface area contributed by atoms with Gasteiger partial charge in [0.1, 0.15) is 0 Å². The summed E-state index contributed by atoms with van der Waals surface area (Å²) in [5.41, 5.74) is 0. The van der Waals surface area contributed by atoms with Crippen LogP contribution in [0, 0.1) is 11.8 Å². The fourth-order valence-corrected chi connectivity index (χ4v) is 4.79. The Hall–Kier alpha value is 0.140. The lowest BCUT2D eigenvalue weighted by Gasteiger charge is -2.34. The van der Waals surface area contributed by atoms with E-state index < -0.39 is 0 Å². The molecular formula is C15H24BrNS. The molecule has 1 aromatic heterocycles. The molecule has 1 aliphatic rings. The number of thiophene rings is 1. The first-order chi connectivity index (χ1) is 8.72. The molecule has 1 heterocycles. The second-order valence-corrected chi connectivity index (χ2v) is 8.05. The molecule has 0 aliphatic heterocycles. The molecule has 0 aromatic carbocycles. The first kappa shape index (κ1) is 14.5. The third-order valence-corrected chi connectivity index (χ3v) is 6.04. The summed E-state index contributed by atoms with van der Waals surface area (Å²) in [6.07, 6.45) is 8.26. The maximum Gasteiger partial charge on any atom is 0.0701 e. The summed E-state index contributed by atoms with van der Waals surface area (Å²) in [7, 11) is 2.13. The van der Waals surface area contributed by atoms with Crippen LogP contribution in [0.5, 0.6) is 0 Å². The molecule has 0 radical (unpaired) electrons. The van der Waals surface area contributed by atoms with Crippen LogP contribution in [0.3, 0.4) is 0 Å². The quantitative estimate of drug-likeness (QED) is 0.813. The van der Waals surface area contributed by atoms with Crippen LogP contribution in [0.25, 0.3) is 0 Å². The van der Waals surface area contributed by atoms with Gasteiger partial charge in [0, 0.05) is 10.9 Å². The minimum absolute atomic E-state index is 0.657. The Labute approximate surface area is 123 Å². The molecular weight excluding hydrogens is 306 g/mol. The lowest BCUT2D eigenvalue weighted by molar-refractivity contribution is 0.213. The van der Waals surface area contributed by atoms with Crippen molar-refractivity contribution >= 4 is 27.3 Å². The molecule has 0 saturated heterocycles. The van der Waals surface area contributed by atoms with Crippen molar-refractivity contribution in [1.29, 1.82) is 0 Å². The number of hydrogen-bond acceptors (Lipinski definition) is 2. The van der Waals surface area contributed by atoms with Gasteiger partial charge in [0.2, 0.25) is 0 Å². The first-order valence-corrected chi connectivity index (χ1v) is 8.75. The van der Waals surface area contributed by atoms with Crippen LogP contribution in [0.15, 0.2) is 15.9 Å². The second-order valence-electron chi connectivity index (χ2n) is 5.51. The zero-order valence-electron chi connectivity index (χ0n) is 11.4. The van der Waals surface area contributed by atoms with E-state index in [0.29, 0.717) is 6.04 Å². The van der Waals surface area contributed by atoms with Crippen LogP contribution >= 0.6 is 27.3 Å². The molecule has 0 spiro atoms. The van der Waals surface area contributed by atoms with Gasteiger partial charge in [-0.25, -0.2) is 0 Å². The molecule has 0 amide bonds. The number of likely N-dealkylation sites (N-methyl/N-ethyl adjacent to an activating group) is 1. The summed E-state index contributed by atoms with van der Waals surface area (Å²) in [5.74, 6) is 1.84. The highest BCUT2D eigenvalue weighted by Crippen LogP contribution is 2.34. The van der Waals surface area contributed by atoms with Gasteiger partial charge in [0.05, 0.1) is 3.79 Å². The summed E-state index contributed by atoms with van der Waals surface area (Å²) in [5, 5.41) is 3.57. The molecule has 18 heavy (non-hydrogen) atoms. The molecule has 3 heteroatoms.